The molecule has 108 valence electrons. The maximum Gasteiger partial charge on any atom is 0.166 e. The van der Waals surface area contributed by atoms with Crippen LogP contribution < -0.4 is 0 Å². The number of thioether (sulfide) groups is 1. The molecule has 2 unspecified atom stereocenters. The molecule has 1 N–H and O–H groups in total. The lowest BCUT2D eigenvalue weighted by Gasteiger charge is -2.40. The van der Waals surface area contributed by atoms with Crippen molar-refractivity contribution in [2.24, 2.45) is 5.41 Å². The number of aliphatic hydroxyl groups is 1. The maximum absolute atomic E-state index is 12.1. The molecule has 2 atom stereocenters. The minimum Gasteiger partial charge on any atom is -0.396 e. The van der Waals surface area contributed by atoms with E-state index >= 15 is 0 Å². The van der Waals surface area contributed by atoms with Crippen molar-refractivity contribution >= 4 is 21.6 Å². The lowest BCUT2D eigenvalue weighted by molar-refractivity contribution is 0.0827. The van der Waals surface area contributed by atoms with Gasteiger partial charge in [0, 0.05) is 42.4 Å². The van der Waals surface area contributed by atoms with Crippen LogP contribution in [0.4, 0.5) is 0 Å². The van der Waals surface area contributed by atoms with Gasteiger partial charge in [0.1, 0.15) is 5.37 Å². The number of hydrogen-bond donors (Lipinski definition) is 1. The summed E-state index contributed by atoms with van der Waals surface area (Å²) in [6.45, 7) is 7.32. The summed E-state index contributed by atoms with van der Waals surface area (Å²) in [4.78, 5) is 2.05. The monoisotopic (exact) mass is 295 g/mol. The molecule has 0 bridgehead atoms. The molecule has 1 fully saturated rings. The molecular formula is C12H25NO3S2. The summed E-state index contributed by atoms with van der Waals surface area (Å²) in [7, 11) is -3.04. The summed E-state index contributed by atoms with van der Waals surface area (Å²) in [6, 6.07) is 0. The Balaban J connectivity index is 2.84. The third-order valence-electron chi connectivity index (χ3n) is 3.83. The second-order valence-corrected chi connectivity index (χ2v) is 8.87. The summed E-state index contributed by atoms with van der Waals surface area (Å²) in [5.74, 6) is 1.82. The molecule has 1 aliphatic rings. The van der Waals surface area contributed by atoms with Crippen LogP contribution in [0.15, 0.2) is 0 Å². The number of nitrogens with zero attached hydrogens (tertiary/aromatic N) is 1. The van der Waals surface area contributed by atoms with Gasteiger partial charge in [-0.15, -0.1) is 0 Å². The average Bonchev–Trinajstić information content (AvgIpc) is 2.39. The summed E-state index contributed by atoms with van der Waals surface area (Å²) in [5, 5.41) is 9.10. The van der Waals surface area contributed by atoms with Crippen molar-refractivity contribution in [1.82, 2.24) is 4.90 Å². The zero-order valence-corrected chi connectivity index (χ0v) is 13.2. The Hall–Kier alpha value is 0.220. The molecule has 1 heterocycles. The highest BCUT2D eigenvalue weighted by Gasteiger charge is 2.36. The molecule has 0 saturated carbocycles. The molecule has 1 saturated heterocycles. The van der Waals surface area contributed by atoms with E-state index in [1.807, 2.05) is 13.8 Å². The lowest BCUT2D eigenvalue weighted by Crippen LogP contribution is -2.51. The molecule has 4 nitrogen and oxygen atoms in total. The van der Waals surface area contributed by atoms with E-state index in [1.54, 1.807) is 18.7 Å². The van der Waals surface area contributed by atoms with Crippen LogP contribution >= 0.6 is 11.8 Å². The molecule has 0 spiro atoms. The zero-order valence-electron chi connectivity index (χ0n) is 11.6. The van der Waals surface area contributed by atoms with Gasteiger partial charge in [0.15, 0.2) is 9.84 Å². The third kappa shape index (κ3) is 3.85. The highest BCUT2D eigenvalue weighted by Crippen LogP contribution is 2.28. The van der Waals surface area contributed by atoms with Crippen molar-refractivity contribution in [3.63, 3.8) is 0 Å². The molecule has 0 aromatic carbocycles. The Bertz CT molecular complexity index is 352. The molecule has 0 aromatic rings. The van der Waals surface area contributed by atoms with Crippen LogP contribution in [0.2, 0.25) is 0 Å². The van der Waals surface area contributed by atoms with Gasteiger partial charge >= 0.3 is 0 Å². The highest BCUT2D eigenvalue weighted by atomic mass is 32.2. The quantitative estimate of drug-likeness (QED) is 0.798. The van der Waals surface area contributed by atoms with Crippen LogP contribution in [0.25, 0.3) is 0 Å². The van der Waals surface area contributed by atoms with E-state index in [4.69, 9.17) is 0 Å². The first-order valence-electron chi connectivity index (χ1n) is 6.53. The molecule has 1 aliphatic heterocycles. The number of rotatable bonds is 6. The molecule has 0 amide bonds. The van der Waals surface area contributed by atoms with Crippen LogP contribution in [0.3, 0.4) is 0 Å². The van der Waals surface area contributed by atoms with Crippen molar-refractivity contribution in [2.75, 3.05) is 37.0 Å². The van der Waals surface area contributed by atoms with Gasteiger partial charge in [0.25, 0.3) is 0 Å². The topological polar surface area (TPSA) is 57.6 Å². The minimum atomic E-state index is -3.04. The third-order valence-corrected chi connectivity index (χ3v) is 7.16. The Labute approximate surface area is 115 Å². The Kier molecular flexibility index (Phi) is 5.96. The van der Waals surface area contributed by atoms with Gasteiger partial charge in [-0.05, 0) is 6.42 Å². The van der Waals surface area contributed by atoms with Crippen LogP contribution in [-0.4, -0.2) is 60.8 Å². The average molecular weight is 295 g/mol. The zero-order chi connectivity index (χ0) is 13.8. The van der Waals surface area contributed by atoms with E-state index in [-0.39, 0.29) is 23.1 Å². The second kappa shape index (κ2) is 6.59. The summed E-state index contributed by atoms with van der Waals surface area (Å²) in [5.41, 5.74) is -0.205. The first kappa shape index (κ1) is 16.3. The van der Waals surface area contributed by atoms with E-state index in [2.05, 4.69) is 4.90 Å². The number of sulfone groups is 1. The van der Waals surface area contributed by atoms with Gasteiger partial charge < -0.3 is 5.11 Å². The normalized spacial score (nSPS) is 25.9. The van der Waals surface area contributed by atoms with Crippen molar-refractivity contribution in [3.8, 4) is 0 Å². The minimum absolute atomic E-state index is 0.103. The van der Waals surface area contributed by atoms with E-state index in [1.165, 1.54) is 0 Å². The van der Waals surface area contributed by atoms with Gasteiger partial charge in [-0.1, -0.05) is 20.8 Å². The highest BCUT2D eigenvalue weighted by molar-refractivity contribution is 8.01. The predicted molar refractivity (Wildman–Crippen MR) is 77.6 cm³/mol. The van der Waals surface area contributed by atoms with Crippen molar-refractivity contribution in [2.45, 2.75) is 32.6 Å². The van der Waals surface area contributed by atoms with Crippen LogP contribution in [0.1, 0.15) is 27.2 Å². The van der Waals surface area contributed by atoms with E-state index < -0.39 is 9.84 Å². The SMILES string of the molecule is CCC(C)(CO)CN1CCSCC1S(=O)(=O)CC. The Morgan fingerprint density at radius 1 is 1.44 bits per heavy atom. The summed E-state index contributed by atoms with van der Waals surface area (Å²) < 4.78 is 24.2. The summed E-state index contributed by atoms with van der Waals surface area (Å²) >= 11 is 1.71. The Morgan fingerprint density at radius 3 is 2.61 bits per heavy atom. The molecule has 0 aliphatic carbocycles. The van der Waals surface area contributed by atoms with Crippen molar-refractivity contribution in [1.29, 1.82) is 0 Å². The fraction of sp³-hybridized carbons (Fsp3) is 1.00. The van der Waals surface area contributed by atoms with E-state index in [0.717, 1.165) is 18.7 Å². The smallest absolute Gasteiger partial charge is 0.166 e. The van der Waals surface area contributed by atoms with Crippen molar-refractivity contribution in [3.05, 3.63) is 0 Å². The van der Waals surface area contributed by atoms with Gasteiger partial charge in [-0.2, -0.15) is 11.8 Å². The molecule has 18 heavy (non-hydrogen) atoms. The fourth-order valence-corrected chi connectivity index (χ4v) is 5.16. The second-order valence-electron chi connectivity index (χ2n) is 5.27. The first-order chi connectivity index (χ1) is 8.38. The number of aliphatic hydroxyl groups excluding tert-OH is 1. The Morgan fingerprint density at radius 2 is 2.11 bits per heavy atom. The van der Waals surface area contributed by atoms with Crippen molar-refractivity contribution < 1.29 is 13.5 Å². The number of hydrogen-bond acceptors (Lipinski definition) is 5. The van der Waals surface area contributed by atoms with Crippen LogP contribution in [0, 0.1) is 5.41 Å². The van der Waals surface area contributed by atoms with E-state index in [0.29, 0.717) is 12.3 Å². The first-order valence-corrected chi connectivity index (χ1v) is 9.40. The largest absolute Gasteiger partial charge is 0.396 e. The van der Waals surface area contributed by atoms with E-state index in [9.17, 15) is 13.5 Å². The standard InChI is InChI=1S/C12H25NO3S2/c1-4-12(3,10-14)9-13-6-7-17-8-11(13)18(15,16)5-2/h11,14H,4-10H2,1-3H3. The fourth-order valence-electron chi connectivity index (χ4n) is 2.08. The lowest BCUT2D eigenvalue weighted by atomic mass is 9.88. The van der Waals surface area contributed by atoms with Gasteiger partial charge in [-0.3, -0.25) is 4.90 Å². The molecular weight excluding hydrogens is 270 g/mol. The van der Waals surface area contributed by atoms with Gasteiger partial charge in [0.05, 0.1) is 0 Å². The molecule has 0 aromatic heterocycles. The van der Waals surface area contributed by atoms with Crippen LogP contribution in [-0.2, 0) is 9.84 Å². The molecule has 1 rings (SSSR count). The molecule has 0 radical (unpaired) electrons. The maximum atomic E-state index is 12.1. The van der Waals surface area contributed by atoms with Gasteiger partial charge in [-0.25, -0.2) is 8.42 Å². The molecule has 6 heteroatoms. The van der Waals surface area contributed by atoms with Crippen LogP contribution in [0.5, 0.6) is 0 Å². The van der Waals surface area contributed by atoms with Gasteiger partial charge in [0.2, 0.25) is 0 Å². The predicted octanol–water partition coefficient (Wildman–Crippen LogP) is 1.20. The summed E-state index contributed by atoms with van der Waals surface area (Å²) in [6.07, 6.45) is 0.853.